The summed E-state index contributed by atoms with van der Waals surface area (Å²) in [6, 6.07) is 0. The highest BCUT2D eigenvalue weighted by molar-refractivity contribution is 14.1. The predicted octanol–water partition coefficient (Wildman–Crippen LogP) is 9.34. The Morgan fingerprint density at radius 3 is 0.842 bits per heavy atom. The van der Waals surface area contributed by atoms with Gasteiger partial charge in [0.15, 0.2) is 0 Å². The minimum atomic E-state index is -9.14. The molecule has 0 aliphatic heterocycles. The van der Waals surface area contributed by atoms with Crippen molar-refractivity contribution < 1.29 is 92.2 Å². The summed E-state index contributed by atoms with van der Waals surface area (Å²) in [4.78, 5) is 0. The summed E-state index contributed by atoms with van der Waals surface area (Å²) < 4.78 is 278. The fourth-order valence-corrected chi connectivity index (χ4v) is 3.67. The van der Waals surface area contributed by atoms with E-state index in [1.807, 2.05) is 0 Å². The Bertz CT molecular complexity index is 852. The quantitative estimate of drug-likeness (QED) is 0.0857. The first kappa shape index (κ1) is 37.5. The third-order valence-corrected chi connectivity index (χ3v) is 13.1. The minimum absolute atomic E-state index is 0.927. The van der Waals surface area contributed by atoms with Gasteiger partial charge in [0.2, 0.25) is 0 Å². The van der Waals surface area contributed by atoms with Crippen molar-refractivity contribution in [3.05, 3.63) is 0 Å². The van der Waals surface area contributed by atoms with Crippen LogP contribution >= 0.6 is 22.6 Å². The van der Waals surface area contributed by atoms with Gasteiger partial charge in [-0.2, -0.15) is 92.2 Å². The van der Waals surface area contributed by atoms with Crippen LogP contribution in [0.3, 0.4) is 0 Å². The molecule has 0 bridgehead atoms. The van der Waals surface area contributed by atoms with Crippen molar-refractivity contribution in [3.8, 4) is 0 Å². The van der Waals surface area contributed by atoms with Crippen LogP contribution in [-0.2, 0) is 0 Å². The lowest BCUT2D eigenvalue weighted by Gasteiger charge is -2.44. The molecule has 0 fully saturated rings. The number of alkyl halides is 22. The van der Waals surface area contributed by atoms with Gasteiger partial charge in [0.1, 0.15) is 0 Å². The number of hydrogen-bond donors (Lipinski definition) is 0. The second-order valence-electron chi connectivity index (χ2n) is 8.84. The van der Waals surface area contributed by atoms with Crippen LogP contribution in [0, 0.1) is 0 Å². The standard InChI is InChI=1S/C15H12F21ISi/c1-38(2,3)5(37)4-6(16,17)7(18,19)8(20,21)9(22,23)10(24,25)11(26,27)12(28,29)13(30,31)14(32,33)15(34,35)36/h5H,4H2,1-3H3. The molecule has 0 aliphatic carbocycles. The van der Waals surface area contributed by atoms with Crippen LogP contribution in [-0.4, -0.2) is 71.1 Å². The van der Waals surface area contributed by atoms with Crippen LogP contribution in [0.5, 0.6) is 0 Å². The zero-order valence-electron chi connectivity index (χ0n) is 18.1. The zero-order chi connectivity index (χ0) is 31.8. The van der Waals surface area contributed by atoms with E-state index in [0.717, 1.165) is 42.2 Å². The smallest absolute Gasteiger partial charge is 0.200 e. The molecular weight excluding hydrogens is 734 g/mol. The lowest BCUT2D eigenvalue weighted by molar-refractivity contribution is -0.474. The minimum Gasteiger partial charge on any atom is -0.200 e. The van der Waals surface area contributed by atoms with E-state index >= 15 is 0 Å². The zero-order valence-corrected chi connectivity index (χ0v) is 21.3. The van der Waals surface area contributed by atoms with Crippen molar-refractivity contribution in [3.63, 3.8) is 0 Å². The van der Waals surface area contributed by atoms with Gasteiger partial charge >= 0.3 is 59.5 Å². The van der Waals surface area contributed by atoms with Crippen LogP contribution < -0.4 is 0 Å². The molecule has 1 atom stereocenters. The highest BCUT2D eigenvalue weighted by atomic mass is 127. The van der Waals surface area contributed by atoms with E-state index in [1.165, 1.54) is 0 Å². The molecule has 0 heterocycles. The Morgan fingerprint density at radius 2 is 0.632 bits per heavy atom. The Balaban J connectivity index is 7.02. The van der Waals surface area contributed by atoms with Crippen molar-refractivity contribution in [1.82, 2.24) is 0 Å². The van der Waals surface area contributed by atoms with Gasteiger partial charge in [-0.05, 0) is 0 Å². The monoisotopic (exact) mass is 746 g/mol. The lowest BCUT2D eigenvalue weighted by atomic mass is 9.86. The lowest BCUT2D eigenvalue weighted by Crippen LogP contribution is -2.76. The molecule has 0 rings (SSSR count). The summed E-state index contributed by atoms with van der Waals surface area (Å²) in [6.07, 6.45) is -10.5. The molecule has 1 unspecified atom stereocenters. The molecule has 0 N–H and O–H groups in total. The van der Waals surface area contributed by atoms with E-state index in [9.17, 15) is 92.2 Å². The van der Waals surface area contributed by atoms with Gasteiger partial charge in [-0.1, -0.05) is 42.2 Å². The third-order valence-electron chi connectivity index (χ3n) is 4.95. The second-order valence-corrected chi connectivity index (χ2v) is 16.9. The molecule has 0 saturated heterocycles. The summed E-state index contributed by atoms with van der Waals surface area (Å²) in [7, 11) is -3.07. The van der Waals surface area contributed by atoms with E-state index in [0.29, 0.717) is 0 Å². The van der Waals surface area contributed by atoms with Crippen LogP contribution in [0.1, 0.15) is 6.42 Å². The molecule has 0 saturated carbocycles. The Hall–Kier alpha value is -0.523. The average molecular weight is 746 g/mol. The molecule has 0 spiro atoms. The van der Waals surface area contributed by atoms with E-state index in [2.05, 4.69) is 0 Å². The molecule has 0 aliphatic rings. The molecule has 0 radical (unpaired) electrons. The first-order valence-corrected chi connectivity index (χ1v) is 13.8. The fourth-order valence-electron chi connectivity index (χ4n) is 2.25. The summed E-state index contributed by atoms with van der Waals surface area (Å²) >= 11 is 0.927. The highest BCUT2D eigenvalue weighted by Gasteiger charge is 2.97. The van der Waals surface area contributed by atoms with Gasteiger partial charge in [-0.3, -0.25) is 0 Å². The first-order chi connectivity index (χ1) is 15.9. The SMILES string of the molecule is C[Si](C)(C)C(I)CC(F)(F)C(F)(F)C(F)(F)C(F)(F)C(F)(F)C(F)(F)C(F)(F)C(F)(F)C(F)(F)C(F)(F)F. The highest BCUT2D eigenvalue weighted by Crippen LogP contribution is 2.66. The van der Waals surface area contributed by atoms with Gasteiger partial charge in [0.25, 0.3) is 0 Å². The van der Waals surface area contributed by atoms with Crippen molar-refractivity contribution in [2.75, 3.05) is 0 Å². The van der Waals surface area contributed by atoms with Gasteiger partial charge in [-0.25, -0.2) is 0 Å². The topological polar surface area (TPSA) is 0 Å². The average Bonchev–Trinajstić information content (AvgIpc) is 2.64. The van der Waals surface area contributed by atoms with E-state index in [4.69, 9.17) is 0 Å². The number of halogens is 22. The van der Waals surface area contributed by atoms with E-state index in [1.54, 1.807) is 0 Å². The van der Waals surface area contributed by atoms with Gasteiger partial charge < -0.3 is 0 Å². The van der Waals surface area contributed by atoms with Gasteiger partial charge in [0, 0.05) is 9.97 Å². The molecule has 0 aromatic rings. The summed E-state index contributed by atoms with van der Waals surface area (Å²) in [5.41, 5.74) is 0. The van der Waals surface area contributed by atoms with Crippen LogP contribution in [0.2, 0.25) is 19.6 Å². The molecule has 230 valence electrons. The van der Waals surface area contributed by atoms with Gasteiger partial charge in [0.05, 0.1) is 8.07 Å². The predicted molar refractivity (Wildman–Crippen MR) is 96.3 cm³/mol. The number of hydrogen-bond acceptors (Lipinski definition) is 0. The molecule has 0 nitrogen and oxygen atoms in total. The number of rotatable bonds is 11. The van der Waals surface area contributed by atoms with Crippen LogP contribution in [0.25, 0.3) is 0 Å². The Kier molecular flexibility index (Phi) is 9.38. The maximum Gasteiger partial charge on any atom is 0.460 e. The third kappa shape index (κ3) is 5.04. The molecular formula is C15H12F21ISi. The molecule has 38 heavy (non-hydrogen) atoms. The molecule has 23 heteroatoms. The normalized spacial score (nSPS) is 17.6. The fraction of sp³-hybridized carbons (Fsp3) is 1.00. The van der Waals surface area contributed by atoms with E-state index in [-0.39, 0.29) is 0 Å². The second kappa shape index (κ2) is 9.51. The summed E-state index contributed by atoms with van der Waals surface area (Å²) in [6.45, 7) is 3.33. The maximum absolute atomic E-state index is 13.9. The van der Waals surface area contributed by atoms with Crippen molar-refractivity contribution in [2.24, 2.45) is 0 Å². The van der Waals surface area contributed by atoms with Crippen molar-refractivity contribution >= 4 is 30.7 Å². The Morgan fingerprint density at radius 1 is 0.421 bits per heavy atom. The largest absolute Gasteiger partial charge is 0.460 e. The Labute approximate surface area is 212 Å². The molecule has 0 aromatic heterocycles. The molecule has 0 aromatic carbocycles. The molecule has 0 amide bonds. The van der Waals surface area contributed by atoms with Crippen molar-refractivity contribution in [2.45, 2.75) is 89.1 Å². The van der Waals surface area contributed by atoms with Crippen molar-refractivity contribution in [1.29, 1.82) is 0 Å². The van der Waals surface area contributed by atoms with Crippen LogP contribution in [0.4, 0.5) is 92.2 Å². The first-order valence-electron chi connectivity index (χ1n) is 8.99. The summed E-state index contributed by atoms with van der Waals surface area (Å²) in [5.74, 6) is -76.4. The van der Waals surface area contributed by atoms with Gasteiger partial charge in [-0.15, -0.1) is 0 Å². The van der Waals surface area contributed by atoms with Crippen LogP contribution in [0.15, 0.2) is 0 Å². The van der Waals surface area contributed by atoms with E-state index < -0.39 is 77.5 Å². The maximum atomic E-state index is 13.9. The summed E-state index contributed by atoms with van der Waals surface area (Å²) in [5, 5.41) is 0.